The van der Waals surface area contributed by atoms with E-state index in [-0.39, 0.29) is 5.54 Å². The van der Waals surface area contributed by atoms with E-state index in [1.807, 2.05) is 7.05 Å². The molecule has 17 heavy (non-hydrogen) atoms. The molecular formula is C13H23N3O. The van der Waals surface area contributed by atoms with Crippen molar-refractivity contribution in [2.75, 3.05) is 26.8 Å². The molecule has 2 aliphatic rings. The number of nitrogens with one attached hydrogen (secondary N) is 1. The molecular weight excluding hydrogens is 214 g/mol. The molecule has 0 spiro atoms. The van der Waals surface area contributed by atoms with Crippen LogP contribution in [0, 0.1) is 11.3 Å². The van der Waals surface area contributed by atoms with Gasteiger partial charge in [-0.2, -0.15) is 5.26 Å². The topological polar surface area (TPSA) is 48.3 Å². The van der Waals surface area contributed by atoms with Crippen molar-refractivity contribution in [1.82, 2.24) is 10.2 Å². The van der Waals surface area contributed by atoms with Gasteiger partial charge >= 0.3 is 0 Å². The van der Waals surface area contributed by atoms with Gasteiger partial charge in [-0.1, -0.05) is 0 Å². The summed E-state index contributed by atoms with van der Waals surface area (Å²) < 4.78 is 5.49. The monoisotopic (exact) mass is 237 g/mol. The second kappa shape index (κ2) is 5.34. The van der Waals surface area contributed by atoms with E-state index in [0.29, 0.717) is 12.1 Å². The zero-order valence-corrected chi connectivity index (χ0v) is 10.9. The van der Waals surface area contributed by atoms with Crippen LogP contribution in [0.5, 0.6) is 0 Å². The van der Waals surface area contributed by atoms with E-state index in [2.05, 4.69) is 23.2 Å². The molecule has 0 amide bonds. The Balaban J connectivity index is 2.04. The molecule has 2 fully saturated rings. The number of hydrogen-bond acceptors (Lipinski definition) is 4. The maximum Gasteiger partial charge on any atom is 0.108 e. The highest BCUT2D eigenvalue weighted by atomic mass is 16.5. The Hall–Kier alpha value is -0.630. The molecule has 1 aliphatic heterocycles. The molecule has 1 N–H and O–H groups in total. The van der Waals surface area contributed by atoms with Crippen LogP contribution in [0.2, 0.25) is 0 Å². The minimum atomic E-state index is -0.305. The Bertz CT molecular complexity index is 302. The lowest BCUT2D eigenvalue weighted by atomic mass is 9.79. The molecule has 4 heteroatoms. The van der Waals surface area contributed by atoms with E-state index >= 15 is 0 Å². The van der Waals surface area contributed by atoms with Crippen LogP contribution in [0.3, 0.4) is 0 Å². The number of rotatable bonds is 2. The molecule has 1 aliphatic carbocycles. The summed E-state index contributed by atoms with van der Waals surface area (Å²) in [5.74, 6) is 0. The second-order valence-electron chi connectivity index (χ2n) is 5.36. The quantitative estimate of drug-likeness (QED) is 0.782. The zero-order valence-electron chi connectivity index (χ0n) is 10.9. The molecule has 96 valence electrons. The lowest BCUT2D eigenvalue weighted by Crippen LogP contribution is -2.56. The molecule has 1 saturated heterocycles. The van der Waals surface area contributed by atoms with Crippen molar-refractivity contribution in [3.63, 3.8) is 0 Å². The van der Waals surface area contributed by atoms with Gasteiger partial charge in [-0.3, -0.25) is 4.90 Å². The fourth-order valence-electron chi connectivity index (χ4n) is 3.20. The number of nitriles is 1. The molecule has 0 aromatic rings. The average Bonchev–Trinajstić information content (AvgIpc) is 2.39. The summed E-state index contributed by atoms with van der Waals surface area (Å²) in [6.07, 6.45) is 4.29. The highest BCUT2D eigenvalue weighted by Gasteiger charge is 2.39. The van der Waals surface area contributed by atoms with Crippen LogP contribution >= 0.6 is 0 Å². The van der Waals surface area contributed by atoms with Crippen molar-refractivity contribution in [3.05, 3.63) is 0 Å². The van der Waals surface area contributed by atoms with Gasteiger partial charge in [0.25, 0.3) is 0 Å². The van der Waals surface area contributed by atoms with E-state index in [4.69, 9.17) is 4.74 Å². The van der Waals surface area contributed by atoms with E-state index in [1.165, 1.54) is 6.42 Å². The van der Waals surface area contributed by atoms with Gasteiger partial charge < -0.3 is 10.1 Å². The van der Waals surface area contributed by atoms with Crippen LogP contribution in [-0.4, -0.2) is 49.3 Å². The van der Waals surface area contributed by atoms with Crippen molar-refractivity contribution in [2.24, 2.45) is 0 Å². The second-order valence-corrected chi connectivity index (χ2v) is 5.36. The Kier molecular flexibility index (Phi) is 4.03. The highest BCUT2D eigenvalue weighted by molar-refractivity contribution is 5.10. The molecule has 0 radical (unpaired) electrons. The zero-order chi connectivity index (χ0) is 12.3. The number of morpholine rings is 1. The van der Waals surface area contributed by atoms with E-state index < -0.39 is 0 Å². The lowest BCUT2D eigenvalue weighted by Gasteiger charge is -2.45. The Morgan fingerprint density at radius 3 is 3.00 bits per heavy atom. The van der Waals surface area contributed by atoms with Crippen molar-refractivity contribution in [1.29, 1.82) is 5.26 Å². The predicted molar refractivity (Wildman–Crippen MR) is 66.6 cm³/mol. The Morgan fingerprint density at radius 1 is 1.53 bits per heavy atom. The van der Waals surface area contributed by atoms with Crippen LogP contribution < -0.4 is 5.32 Å². The summed E-state index contributed by atoms with van der Waals surface area (Å²) in [4.78, 5) is 2.53. The van der Waals surface area contributed by atoms with E-state index in [0.717, 1.165) is 39.0 Å². The first-order chi connectivity index (χ1) is 8.21. The SMILES string of the molecule is CNC1(C#N)CCCC(N2CCOCC2C)C1. The average molecular weight is 237 g/mol. The fraction of sp³-hybridized carbons (Fsp3) is 0.923. The molecule has 0 bridgehead atoms. The van der Waals surface area contributed by atoms with Crippen molar-refractivity contribution in [2.45, 2.75) is 50.2 Å². The van der Waals surface area contributed by atoms with Gasteiger partial charge in [0.2, 0.25) is 0 Å². The minimum Gasteiger partial charge on any atom is -0.379 e. The van der Waals surface area contributed by atoms with Gasteiger partial charge in [0.1, 0.15) is 5.54 Å². The molecule has 3 unspecified atom stereocenters. The summed E-state index contributed by atoms with van der Waals surface area (Å²) >= 11 is 0. The first-order valence-corrected chi connectivity index (χ1v) is 6.64. The first kappa shape index (κ1) is 12.8. The van der Waals surface area contributed by atoms with Crippen molar-refractivity contribution < 1.29 is 4.74 Å². The number of ether oxygens (including phenoxy) is 1. The summed E-state index contributed by atoms with van der Waals surface area (Å²) in [6.45, 7) is 4.90. The van der Waals surface area contributed by atoms with E-state index in [9.17, 15) is 5.26 Å². The smallest absolute Gasteiger partial charge is 0.108 e. The summed E-state index contributed by atoms with van der Waals surface area (Å²) in [7, 11) is 1.91. The molecule has 1 heterocycles. The molecule has 1 saturated carbocycles. The Labute approximate surface area is 104 Å². The van der Waals surface area contributed by atoms with Gasteiger partial charge in [-0.05, 0) is 39.7 Å². The molecule has 4 nitrogen and oxygen atoms in total. The summed E-state index contributed by atoms with van der Waals surface area (Å²) in [6, 6.07) is 3.50. The third-order valence-corrected chi connectivity index (χ3v) is 4.31. The van der Waals surface area contributed by atoms with Crippen LogP contribution in [0.1, 0.15) is 32.6 Å². The van der Waals surface area contributed by atoms with Crippen molar-refractivity contribution in [3.8, 4) is 6.07 Å². The normalized spacial score (nSPS) is 39.8. The first-order valence-electron chi connectivity index (χ1n) is 6.64. The predicted octanol–water partition coefficient (Wildman–Crippen LogP) is 1.13. The molecule has 3 atom stereocenters. The van der Waals surface area contributed by atoms with Crippen LogP contribution in [0.25, 0.3) is 0 Å². The third-order valence-electron chi connectivity index (χ3n) is 4.31. The molecule has 0 aromatic heterocycles. The largest absolute Gasteiger partial charge is 0.379 e. The minimum absolute atomic E-state index is 0.305. The van der Waals surface area contributed by atoms with Crippen molar-refractivity contribution >= 4 is 0 Å². The highest BCUT2D eigenvalue weighted by Crippen LogP contribution is 2.32. The Morgan fingerprint density at radius 2 is 2.35 bits per heavy atom. The van der Waals surface area contributed by atoms with Crippen LogP contribution in [0.15, 0.2) is 0 Å². The summed E-state index contributed by atoms with van der Waals surface area (Å²) in [5, 5.41) is 12.6. The van der Waals surface area contributed by atoms with Gasteiger partial charge in [0.15, 0.2) is 0 Å². The van der Waals surface area contributed by atoms with Gasteiger partial charge in [-0.25, -0.2) is 0 Å². The fourth-order valence-corrected chi connectivity index (χ4v) is 3.20. The van der Waals surface area contributed by atoms with Gasteiger partial charge in [0, 0.05) is 18.6 Å². The van der Waals surface area contributed by atoms with Crippen LogP contribution in [-0.2, 0) is 4.74 Å². The standard InChI is InChI=1S/C13H23N3O/c1-11-9-17-7-6-16(11)12-4-3-5-13(8-12,10-14)15-2/h11-12,15H,3-9H2,1-2H3. The molecule has 2 rings (SSSR count). The molecule has 0 aromatic carbocycles. The maximum atomic E-state index is 9.37. The number of nitrogens with zero attached hydrogens (tertiary/aromatic N) is 2. The number of hydrogen-bond donors (Lipinski definition) is 1. The lowest BCUT2D eigenvalue weighted by molar-refractivity contribution is -0.0346. The van der Waals surface area contributed by atoms with E-state index in [1.54, 1.807) is 0 Å². The van der Waals surface area contributed by atoms with Crippen LogP contribution in [0.4, 0.5) is 0 Å². The third kappa shape index (κ3) is 2.62. The summed E-state index contributed by atoms with van der Waals surface area (Å²) in [5.41, 5.74) is -0.305. The maximum absolute atomic E-state index is 9.37. The van der Waals surface area contributed by atoms with Gasteiger partial charge in [0.05, 0.1) is 19.3 Å². The van der Waals surface area contributed by atoms with Gasteiger partial charge in [-0.15, -0.1) is 0 Å².